The van der Waals surface area contributed by atoms with Crippen LogP contribution in [0.1, 0.15) is 26.7 Å². The van der Waals surface area contributed by atoms with Crippen LogP contribution >= 0.6 is 31.9 Å². The highest BCUT2D eigenvalue weighted by Gasteiger charge is 2.67. The molecule has 4 atom stereocenters. The highest BCUT2D eigenvalue weighted by atomic mass is 79.9. The fourth-order valence-electron chi connectivity index (χ4n) is 3.07. The van der Waals surface area contributed by atoms with Crippen LogP contribution in [0.15, 0.2) is 0 Å². The summed E-state index contributed by atoms with van der Waals surface area (Å²) in [5.41, 5.74) is 0.0770. The molecule has 0 spiro atoms. The molecule has 1 nitrogen and oxygen atoms in total. The van der Waals surface area contributed by atoms with E-state index in [0.29, 0.717) is 11.7 Å². The van der Waals surface area contributed by atoms with Crippen LogP contribution in [0, 0.1) is 16.7 Å². The zero-order valence-electron chi connectivity index (χ0n) is 7.94. The summed E-state index contributed by atoms with van der Waals surface area (Å²) >= 11 is 7.11. The first kappa shape index (κ1) is 10.2. The van der Waals surface area contributed by atoms with Crippen molar-refractivity contribution in [3.05, 3.63) is 0 Å². The van der Waals surface area contributed by atoms with E-state index in [9.17, 15) is 4.79 Å². The summed E-state index contributed by atoms with van der Waals surface area (Å²) < 4.78 is 0. The molecule has 0 N–H and O–H groups in total. The summed E-state index contributed by atoms with van der Waals surface area (Å²) in [6.45, 7) is 4.39. The van der Waals surface area contributed by atoms with Crippen molar-refractivity contribution in [1.29, 1.82) is 0 Å². The quantitative estimate of drug-likeness (QED) is 0.680. The monoisotopic (exact) mass is 308 g/mol. The first-order valence-corrected chi connectivity index (χ1v) is 6.75. The van der Waals surface area contributed by atoms with Crippen LogP contribution in [-0.4, -0.2) is 15.9 Å². The number of halogens is 2. The van der Waals surface area contributed by atoms with Gasteiger partial charge < -0.3 is 0 Å². The molecule has 0 heterocycles. The number of alkyl halides is 2. The Bertz CT molecular complexity index is 266. The molecular formula is C10H14Br2O. The number of fused-ring (bicyclic) bond motifs is 2. The van der Waals surface area contributed by atoms with Gasteiger partial charge in [-0.2, -0.15) is 0 Å². The Hall–Kier alpha value is 0.630. The molecule has 2 saturated carbocycles. The van der Waals surface area contributed by atoms with Crippen molar-refractivity contribution in [2.75, 3.05) is 5.33 Å². The first-order valence-electron chi connectivity index (χ1n) is 4.72. The molecule has 0 saturated heterocycles. The van der Waals surface area contributed by atoms with E-state index in [1.54, 1.807) is 0 Å². The van der Waals surface area contributed by atoms with Crippen LogP contribution in [0.2, 0.25) is 0 Å². The van der Waals surface area contributed by atoms with Gasteiger partial charge in [-0.3, -0.25) is 4.79 Å². The van der Waals surface area contributed by atoms with Gasteiger partial charge in [0.15, 0.2) is 5.78 Å². The summed E-state index contributed by atoms with van der Waals surface area (Å²) in [6, 6.07) is 0. The number of ketones is 1. The standard InChI is InChI=1S/C10H14Br2O/c1-9-4-3-6(7(12)8(9)13)10(9,2)5-11/h6-7H,3-5H2,1-2H3/t6?,7-,9?,10?/m0/s1. The lowest BCUT2D eigenvalue weighted by Gasteiger charge is -2.34. The molecule has 0 radical (unpaired) electrons. The molecule has 3 heteroatoms. The summed E-state index contributed by atoms with van der Waals surface area (Å²) in [7, 11) is 0. The van der Waals surface area contributed by atoms with Crippen LogP contribution in [0.3, 0.4) is 0 Å². The van der Waals surface area contributed by atoms with Crippen LogP contribution in [0.4, 0.5) is 0 Å². The maximum absolute atomic E-state index is 12.0. The molecule has 0 aliphatic heterocycles. The molecule has 13 heavy (non-hydrogen) atoms. The average Bonchev–Trinajstić information content (AvgIpc) is 2.44. The zero-order chi connectivity index (χ0) is 9.85. The molecule has 2 aliphatic carbocycles. The summed E-state index contributed by atoms with van der Waals surface area (Å²) in [5.74, 6) is 0.954. The van der Waals surface area contributed by atoms with Gasteiger partial charge in [-0.1, -0.05) is 45.7 Å². The largest absolute Gasteiger partial charge is 0.298 e. The van der Waals surface area contributed by atoms with Crippen molar-refractivity contribution in [2.45, 2.75) is 31.5 Å². The van der Waals surface area contributed by atoms with E-state index in [-0.39, 0.29) is 15.7 Å². The van der Waals surface area contributed by atoms with Gasteiger partial charge in [-0.15, -0.1) is 0 Å². The number of carbonyl (C=O) groups is 1. The number of Topliss-reactive ketones (excluding diaryl/α,β-unsaturated/α-hetero) is 1. The maximum Gasteiger partial charge on any atom is 0.153 e. The van der Waals surface area contributed by atoms with Crippen LogP contribution in [0.5, 0.6) is 0 Å². The Morgan fingerprint density at radius 2 is 2.15 bits per heavy atom. The molecule has 3 unspecified atom stereocenters. The SMILES string of the molecule is CC12CCC([C@H](Br)C1=O)C2(C)CBr. The van der Waals surface area contributed by atoms with Crippen LogP contribution in [-0.2, 0) is 4.79 Å². The number of hydrogen-bond donors (Lipinski definition) is 0. The molecular weight excluding hydrogens is 296 g/mol. The number of hydrogen-bond acceptors (Lipinski definition) is 1. The Balaban J connectivity index is 2.49. The number of rotatable bonds is 1. The average molecular weight is 310 g/mol. The normalized spacial score (nSPS) is 54.6. The molecule has 2 aliphatic rings. The maximum atomic E-state index is 12.0. The van der Waals surface area contributed by atoms with E-state index in [4.69, 9.17) is 0 Å². The molecule has 0 aromatic heterocycles. The Morgan fingerprint density at radius 1 is 1.54 bits per heavy atom. The summed E-state index contributed by atoms with van der Waals surface area (Å²) in [4.78, 5) is 12.1. The third-order valence-corrected chi connectivity index (χ3v) is 6.68. The van der Waals surface area contributed by atoms with Crippen molar-refractivity contribution in [2.24, 2.45) is 16.7 Å². The summed E-state index contributed by atoms with van der Waals surface area (Å²) in [5, 5.41) is 0.939. The molecule has 0 aromatic carbocycles. The Kier molecular flexibility index (Phi) is 2.20. The second-order valence-corrected chi connectivity index (χ2v) is 6.34. The van der Waals surface area contributed by atoms with E-state index in [0.717, 1.165) is 11.8 Å². The van der Waals surface area contributed by atoms with Crippen molar-refractivity contribution in [1.82, 2.24) is 0 Å². The van der Waals surface area contributed by atoms with Crippen molar-refractivity contribution >= 4 is 37.6 Å². The van der Waals surface area contributed by atoms with Gasteiger partial charge in [0.05, 0.1) is 4.83 Å². The predicted molar refractivity (Wildman–Crippen MR) is 60.5 cm³/mol. The lowest BCUT2D eigenvalue weighted by Crippen LogP contribution is -2.36. The van der Waals surface area contributed by atoms with Crippen LogP contribution in [0.25, 0.3) is 0 Å². The summed E-state index contributed by atoms with van der Waals surface area (Å²) in [6.07, 6.45) is 2.26. The lowest BCUT2D eigenvalue weighted by atomic mass is 9.70. The predicted octanol–water partition coefficient (Wildman–Crippen LogP) is 3.15. The van der Waals surface area contributed by atoms with Gasteiger partial charge in [0.1, 0.15) is 0 Å². The smallest absolute Gasteiger partial charge is 0.153 e. The van der Waals surface area contributed by atoms with E-state index in [2.05, 4.69) is 45.7 Å². The molecule has 0 aromatic rings. The first-order chi connectivity index (χ1) is 5.97. The fraction of sp³-hybridized carbons (Fsp3) is 0.900. The Morgan fingerprint density at radius 3 is 2.46 bits per heavy atom. The van der Waals surface area contributed by atoms with Gasteiger partial charge >= 0.3 is 0 Å². The number of carbonyl (C=O) groups excluding carboxylic acids is 1. The topological polar surface area (TPSA) is 17.1 Å². The van der Waals surface area contributed by atoms with Gasteiger partial charge in [-0.25, -0.2) is 0 Å². The van der Waals surface area contributed by atoms with E-state index < -0.39 is 0 Å². The molecule has 74 valence electrons. The molecule has 2 bridgehead atoms. The van der Waals surface area contributed by atoms with Crippen LogP contribution < -0.4 is 0 Å². The molecule has 2 rings (SSSR count). The molecule has 0 amide bonds. The lowest BCUT2D eigenvalue weighted by molar-refractivity contribution is -0.127. The minimum absolute atomic E-state index is 0.0880. The van der Waals surface area contributed by atoms with Crippen molar-refractivity contribution in [3.8, 4) is 0 Å². The van der Waals surface area contributed by atoms with Gasteiger partial charge in [0.25, 0.3) is 0 Å². The van der Waals surface area contributed by atoms with E-state index in [1.807, 2.05) is 0 Å². The third-order valence-electron chi connectivity index (χ3n) is 4.46. The van der Waals surface area contributed by atoms with Gasteiger partial charge in [-0.05, 0) is 24.2 Å². The second kappa shape index (κ2) is 2.82. The fourth-order valence-corrected chi connectivity index (χ4v) is 5.45. The second-order valence-electron chi connectivity index (χ2n) is 4.79. The highest BCUT2D eigenvalue weighted by Crippen LogP contribution is 2.65. The van der Waals surface area contributed by atoms with Crippen molar-refractivity contribution in [3.63, 3.8) is 0 Å². The highest BCUT2D eigenvalue weighted by molar-refractivity contribution is 9.10. The minimum Gasteiger partial charge on any atom is -0.298 e. The van der Waals surface area contributed by atoms with Gasteiger partial charge in [0, 0.05) is 10.7 Å². The van der Waals surface area contributed by atoms with Crippen molar-refractivity contribution < 1.29 is 4.79 Å². The minimum atomic E-state index is -0.0880. The van der Waals surface area contributed by atoms with E-state index in [1.165, 1.54) is 6.42 Å². The third kappa shape index (κ3) is 0.956. The molecule has 2 fully saturated rings. The van der Waals surface area contributed by atoms with E-state index >= 15 is 0 Å². The Labute approximate surface area is 95.9 Å². The zero-order valence-corrected chi connectivity index (χ0v) is 11.1. The van der Waals surface area contributed by atoms with Gasteiger partial charge in [0.2, 0.25) is 0 Å².